The van der Waals surface area contributed by atoms with E-state index in [0.717, 1.165) is 11.3 Å². The number of amides is 1. The Morgan fingerprint density at radius 1 is 1.62 bits per heavy atom. The monoisotopic (exact) mass is 308 g/mol. The van der Waals surface area contributed by atoms with Gasteiger partial charge in [0.25, 0.3) is 5.91 Å². The molecule has 0 radical (unpaired) electrons. The van der Waals surface area contributed by atoms with Gasteiger partial charge in [0.05, 0.1) is 6.20 Å². The van der Waals surface area contributed by atoms with Crippen LogP contribution in [0.3, 0.4) is 0 Å². The Labute approximate surface area is 125 Å². The van der Waals surface area contributed by atoms with E-state index < -0.39 is 0 Å². The molecular formula is C12H16N6O2S. The third-order valence-electron chi connectivity index (χ3n) is 2.94. The lowest BCUT2D eigenvalue weighted by Crippen LogP contribution is -2.31. The maximum Gasteiger partial charge on any atom is 0.275 e. The molecule has 0 aliphatic heterocycles. The third-order valence-corrected chi connectivity index (χ3v) is 3.61. The van der Waals surface area contributed by atoms with Crippen molar-refractivity contribution in [3.8, 4) is 0 Å². The van der Waals surface area contributed by atoms with Crippen LogP contribution in [-0.2, 0) is 23.2 Å². The Morgan fingerprint density at radius 3 is 2.90 bits per heavy atom. The quantitative estimate of drug-likeness (QED) is 0.615. The number of nitrogens with two attached hydrogens (primary N) is 1. The zero-order valence-electron chi connectivity index (χ0n) is 12.0. The molecule has 0 unspecified atom stereocenters. The number of aryl methyl sites for hydroxylation is 1. The van der Waals surface area contributed by atoms with Gasteiger partial charge in [0.2, 0.25) is 0 Å². The zero-order valence-corrected chi connectivity index (χ0v) is 12.8. The molecule has 2 rings (SSSR count). The maximum absolute atomic E-state index is 12.2. The molecule has 9 heteroatoms. The summed E-state index contributed by atoms with van der Waals surface area (Å²) >= 11 is 1.23. The van der Waals surface area contributed by atoms with Gasteiger partial charge in [-0.1, -0.05) is 5.16 Å². The van der Waals surface area contributed by atoms with E-state index >= 15 is 0 Å². The van der Waals surface area contributed by atoms with Crippen LogP contribution in [0.5, 0.6) is 0 Å². The smallest absolute Gasteiger partial charge is 0.275 e. The number of nitrogens with one attached hydrogen (secondary N) is 1. The van der Waals surface area contributed by atoms with Gasteiger partial charge in [-0.15, -0.1) is 11.3 Å². The molecule has 2 heterocycles. The van der Waals surface area contributed by atoms with Gasteiger partial charge >= 0.3 is 0 Å². The molecule has 2 aromatic heterocycles. The first-order valence-corrected chi connectivity index (χ1v) is 6.99. The van der Waals surface area contributed by atoms with Gasteiger partial charge in [0.1, 0.15) is 12.8 Å². The van der Waals surface area contributed by atoms with Crippen LogP contribution in [0.4, 0.5) is 5.13 Å². The Bertz CT molecular complexity index is 675. The number of anilines is 1. The molecule has 0 saturated heterocycles. The molecule has 0 aliphatic rings. The molecule has 0 spiro atoms. The van der Waals surface area contributed by atoms with Crippen LogP contribution in [0.1, 0.15) is 17.0 Å². The van der Waals surface area contributed by atoms with Crippen LogP contribution in [-0.4, -0.2) is 33.5 Å². The molecule has 3 N–H and O–H groups in total. The van der Waals surface area contributed by atoms with Crippen molar-refractivity contribution >= 4 is 28.1 Å². The van der Waals surface area contributed by atoms with Crippen molar-refractivity contribution in [1.82, 2.24) is 20.1 Å². The van der Waals surface area contributed by atoms with E-state index in [1.54, 1.807) is 16.3 Å². The SMILES string of the molecule is CO/N=C(/C(=O)NCc1cnn(C)c1C)c1csc(N)n1. The minimum absolute atomic E-state index is 0.0898. The molecule has 112 valence electrons. The maximum atomic E-state index is 12.2. The summed E-state index contributed by atoms with van der Waals surface area (Å²) in [5.74, 6) is -0.384. The molecule has 2 aromatic rings. The Balaban J connectivity index is 2.10. The summed E-state index contributed by atoms with van der Waals surface area (Å²) in [6.45, 7) is 2.28. The molecular weight excluding hydrogens is 292 g/mol. The van der Waals surface area contributed by atoms with Gasteiger partial charge in [-0.05, 0) is 6.92 Å². The van der Waals surface area contributed by atoms with Crippen LogP contribution in [0, 0.1) is 6.92 Å². The molecule has 0 atom stereocenters. The van der Waals surface area contributed by atoms with Crippen molar-refractivity contribution in [2.24, 2.45) is 12.2 Å². The standard InChI is InChI=1S/C12H16N6O2S/c1-7-8(5-15-18(7)2)4-14-11(19)10(17-20-3)9-6-21-12(13)16-9/h5-6H,4H2,1-3H3,(H2,13,16)(H,14,19)/b17-10+. The van der Waals surface area contributed by atoms with E-state index in [1.165, 1.54) is 18.4 Å². The van der Waals surface area contributed by atoms with Crippen molar-refractivity contribution in [2.45, 2.75) is 13.5 Å². The van der Waals surface area contributed by atoms with E-state index in [9.17, 15) is 4.79 Å². The molecule has 0 aliphatic carbocycles. The fourth-order valence-corrected chi connectivity index (χ4v) is 2.22. The lowest BCUT2D eigenvalue weighted by atomic mass is 10.2. The van der Waals surface area contributed by atoms with Crippen LogP contribution in [0.15, 0.2) is 16.7 Å². The highest BCUT2D eigenvalue weighted by Crippen LogP contribution is 2.12. The highest BCUT2D eigenvalue weighted by Gasteiger charge is 2.18. The summed E-state index contributed by atoms with van der Waals surface area (Å²) in [6.07, 6.45) is 1.71. The number of oxime groups is 1. The highest BCUT2D eigenvalue weighted by atomic mass is 32.1. The average Bonchev–Trinajstić information content (AvgIpc) is 3.02. The largest absolute Gasteiger partial charge is 0.398 e. The predicted molar refractivity (Wildman–Crippen MR) is 79.9 cm³/mol. The van der Waals surface area contributed by atoms with Gasteiger partial charge in [0.15, 0.2) is 10.8 Å². The van der Waals surface area contributed by atoms with Gasteiger partial charge in [-0.25, -0.2) is 4.98 Å². The Kier molecular flexibility index (Phi) is 4.53. The van der Waals surface area contributed by atoms with Crippen LogP contribution in [0.2, 0.25) is 0 Å². The Hall–Kier alpha value is -2.42. The van der Waals surface area contributed by atoms with E-state index in [0.29, 0.717) is 17.4 Å². The van der Waals surface area contributed by atoms with E-state index in [1.807, 2.05) is 14.0 Å². The zero-order chi connectivity index (χ0) is 15.4. The number of carbonyl (C=O) groups excluding carboxylic acids is 1. The second-order valence-corrected chi connectivity index (χ2v) is 5.14. The number of nitrogens with zero attached hydrogens (tertiary/aromatic N) is 4. The molecule has 0 saturated carbocycles. The van der Waals surface area contributed by atoms with Crippen LogP contribution >= 0.6 is 11.3 Å². The number of hydrogen-bond donors (Lipinski definition) is 2. The van der Waals surface area contributed by atoms with Gasteiger partial charge < -0.3 is 15.9 Å². The molecule has 0 bridgehead atoms. The summed E-state index contributed by atoms with van der Waals surface area (Å²) in [6, 6.07) is 0. The van der Waals surface area contributed by atoms with Gasteiger partial charge in [-0.3, -0.25) is 9.48 Å². The van der Waals surface area contributed by atoms with Crippen molar-refractivity contribution in [1.29, 1.82) is 0 Å². The van der Waals surface area contributed by atoms with E-state index in [2.05, 4.69) is 20.6 Å². The minimum atomic E-state index is -0.384. The number of nitrogen functional groups attached to an aromatic ring is 1. The normalized spacial score (nSPS) is 11.5. The van der Waals surface area contributed by atoms with Gasteiger partial charge in [0, 0.05) is 30.2 Å². The highest BCUT2D eigenvalue weighted by molar-refractivity contribution is 7.13. The number of carbonyl (C=O) groups is 1. The van der Waals surface area contributed by atoms with E-state index in [-0.39, 0.29) is 11.6 Å². The molecule has 0 fully saturated rings. The number of thiazole rings is 1. The van der Waals surface area contributed by atoms with Gasteiger partial charge in [-0.2, -0.15) is 5.10 Å². The van der Waals surface area contributed by atoms with Crippen molar-refractivity contribution in [3.63, 3.8) is 0 Å². The summed E-state index contributed by atoms with van der Waals surface area (Å²) in [5.41, 5.74) is 7.96. The second-order valence-electron chi connectivity index (χ2n) is 4.25. The molecule has 0 aromatic carbocycles. The fraction of sp³-hybridized carbons (Fsp3) is 0.333. The summed E-state index contributed by atoms with van der Waals surface area (Å²) < 4.78 is 1.74. The first-order valence-electron chi connectivity index (χ1n) is 6.11. The lowest BCUT2D eigenvalue weighted by molar-refractivity contribution is -0.115. The molecule has 21 heavy (non-hydrogen) atoms. The van der Waals surface area contributed by atoms with Crippen LogP contribution in [0.25, 0.3) is 0 Å². The van der Waals surface area contributed by atoms with Crippen molar-refractivity contribution < 1.29 is 9.63 Å². The first kappa shape index (κ1) is 15.0. The lowest BCUT2D eigenvalue weighted by Gasteiger charge is -2.05. The third kappa shape index (κ3) is 3.37. The summed E-state index contributed by atoms with van der Waals surface area (Å²) in [4.78, 5) is 20.9. The molecule has 8 nitrogen and oxygen atoms in total. The first-order chi connectivity index (χ1) is 10.0. The number of aromatic nitrogens is 3. The van der Waals surface area contributed by atoms with E-state index in [4.69, 9.17) is 10.6 Å². The minimum Gasteiger partial charge on any atom is -0.398 e. The van der Waals surface area contributed by atoms with Crippen LogP contribution < -0.4 is 11.1 Å². The van der Waals surface area contributed by atoms with Crippen molar-refractivity contribution in [2.75, 3.05) is 12.8 Å². The topological polar surface area (TPSA) is 107 Å². The predicted octanol–water partition coefficient (Wildman–Crippen LogP) is 0.434. The summed E-state index contributed by atoms with van der Waals surface area (Å²) in [7, 11) is 3.21. The fourth-order valence-electron chi connectivity index (χ4n) is 1.67. The summed E-state index contributed by atoms with van der Waals surface area (Å²) in [5, 5.41) is 12.6. The average molecular weight is 308 g/mol. The number of rotatable bonds is 5. The van der Waals surface area contributed by atoms with Crippen molar-refractivity contribution in [3.05, 3.63) is 28.5 Å². The second kappa shape index (κ2) is 6.35. The Morgan fingerprint density at radius 2 is 2.38 bits per heavy atom. The molecule has 1 amide bonds. The number of hydrogen-bond acceptors (Lipinski definition) is 7.